The standard InChI is InChI=1S/C12H17N3O2/c1-14-6-8-15(9-7-14)10-2-4-11(5-3-10)17-12(13)16/h2-5H,6-9H2,1H3,(H2,13,16). The molecule has 0 aliphatic carbocycles. The van der Waals surface area contributed by atoms with Gasteiger partial charge < -0.3 is 20.3 Å². The van der Waals surface area contributed by atoms with E-state index in [0.29, 0.717) is 5.75 Å². The highest BCUT2D eigenvalue weighted by molar-refractivity contribution is 5.68. The van der Waals surface area contributed by atoms with Gasteiger partial charge in [-0.25, -0.2) is 4.79 Å². The zero-order chi connectivity index (χ0) is 12.3. The van der Waals surface area contributed by atoms with Gasteiger partial charge in [-0.3, -0.25) is 0 Å². The summed E-state index contributed by atoms with van der Waals surface area (Å²) in [5.74, 6) is 0.482. The quantitative estimate of drug-likeness (QED) is 0.827. The molecule has 5 nitrogen and oxygen atoms in total. The second-order valence-corrected chi connectivity index (χ2v) is 4.21. The Kier molecular flexibility index (Phi) is 3.49. The van der Waals surface area contributed by atoms with E-state index >= 15 is 0 Å². The van der Waals surface area contributed by atoms with Gasteiger partial charge in [-0.05, 0) is 31.3 Å². The van der Waals surface area contributed by atoms with Crippen LogP contribution in [0.3, 0.4) is 0 Å². The molecule has 1 aliphatic heterocycles. The Morgan fingerprint density at radius 3 is 2.29 bits per heavy atom. The van der Waals surface area contributed by atoms with Crippen molar-refractivity contribution in [3.05, 3.63) is 24.3 Å². The summed E-state index contributed by atoms with van der Waals surface area (Å²) in [6.07, 6.45) is -0.780. The number of piperazine rings is 1. The lowest BCUT2D eigenvalue weighted by atomic mass is 10.2. The topological polar surface area (TPSA) is 58.8 Å². The van der Waals surface area contributed by atoms with Crippen LogP contribution >= 0.6 is 0 Å². The molecule has 1 heterocycles. The van der Waals surface area contributed by atoms with Gasteiger partial charge in [-0.2, -0.15) is 0 Å². The van der Waals surface area contributed by atoms with Gasteiger partial charge >= 0.3 is 6.09 Å². The van der Waals surface area contributed by atoms with E-state index in [1.54, 1.807) is 12.1 Å². The summed E-state index contributed by atoms with van der Waals surface area (Å²) < 4.78 is 4.79. The monoisotopic (exact) mass is 235 g/mol. The van der Waals surface area contributed by atoms with E-state index in [1.807, 2.05) is 12.1 Å². The molecule has 1 fully saturated rings. The zero-order valence-corrected chi connectivity index (χ0v) is 9.93. The molecule has 5 heteroatoms. The average Bonchev–Trinajstić information content (AvgIpc) is 2.30. The third-order valence-electron chi connectivity index (χ3n) is 2.92. The van der Waals surface area contributed by atoms with Crippen molar-refractivity contribution in [1.82, 2.24) is 4.90 Å². The molecule has 0 bridgehead atoms. The summed E-state index contributed by atoms with van der Waals surface area (Å²) in [7, 11) is 2.13. The Hall–Kier alpha value is -1.75. The summed E-state index contributed by atoms with van der Waals surface area (Å²) >= 11 is 0. The second kappa shape index (κ2) is 5.05. The van der Waals surface area contributed by atoms with Crippen molar-refractivity contribution < 1.29 is 9.53 Å². The van der Waals surface area contributed by atoms with Gasteiger partial charge in [-0.1, -0.05) is 0 Å². The summed E-state index contributed by atoms with van der Waals surface area (Å²) in [4.78, 5) is 15.2. The van der Waals surface area contributed by atoms with Gasteiger partial charge in [0.2, 0.25) is 0 Å². The fourth-order valence-corrected chi connectivity index (χ4v) is 1.91. The first-order valence-corrected chi connectivity index (χ1v) is 5.66. The van der Waals surface area contributed by atoms with E-state index in [1.165, 1.54) is 0 Å². The van der Waals surface area contributed by atoms with Crippen molar-refractivity contribution in [3.8, 4) is 5.75 Å². The zero-order valence-electron chi connectivity index (χ0n) is 9.93. The number of nitrogens with two attached hydrogens (primary N) is 1. The van der Waals surface area contributed by atoms with E-state index in [0.717, 1.165) is 31.9 Å². The SMILES string of the molecule is CN1CCN(c2ccc(OC(N)=O)cc2)CC1. The Morgan fingerprint density at radius 2 is 1.76 bits per heavy atom. The van der Waals surface area contributed by atoms with Crippen LogP contribution in [0.15, 0.2) is 24.3 Å². The Morgan fingerprint density at radius 1 is 1.18 bits per heavy atom. The number of likely N-dealkylation sites (N-methyl/N-ethyl adjacent to an activating group) is 1. The van der Waals surface area contributed by atoms with E-state index in [-0.39, 0.29) is 0 Å². The molecular formula is C12H17N3O2. The summed E-state index contributed by atoms with van der Waals surface area (Å²) in [6.45, 7) is 4.18. The maximum absolute atomic E-state index is 10.6. The Balaban J connectivity index is 2.00. The minimum atomic E-state index is -0.780. The van der Waals surface area contributed by atoms with Crippen LogP contribution in [0.5, 0.6) is 5.75 Å². The molecule has 0 unspecified atom stereocenters. The molecule has 0 aromatic heterocycles. The highest BCUT2D eigenvalue weighted by Crippen LogP contribution is 2.20. The molecule has 0 radical (unpaired) electrons. The molecule has 1 aromatic rings. The molecule has 1 aromatic carbocycles. The van der Waals surface area contributed by atoms with Crippen LogP contribution in [0.1, 0.15) is 0 Å². The molecule has 1 saturated heterocycles. The molecule has 2 rings (SSSR count). The number of primary amides is 1. The van der Waals surface area contributed by atoms with Crippen LogP contribution in [0.2, 0.25) is 0 Å². The molecule has 1 aliphatic rings. The van der Waals surface area contributed by atoms with E-state index in [9.17, 15) is 4.79 Å². The van der Waals surface area contributed by atoms with Crippen LogP contribution in [-0.2, 0) is 0 Å². The first-order valence-electron chi connectivity index (χ1n) is 5.66. The lowest BCUT2D eigenvalue weighted by molar-refractivity contribution is 0.211. The molecule has 0 spiro atoms. The van der Waals surface area contributed by atoms with Crippen molar-refractivity contribution >= 4 is 11.8 Å². The van der Waals surface area contributed by atoms with Crippen molar-refractivity contribution in [3.63, 3.8) is 0 Å². The van der Waals surface area contributed by atoms with Gasteiger partial charge in [0.15, 0.2) is 0 Å². The predicted octanol–water partition coefficient (Wildman–Crippen LogP) is 0.896. The largest absolute Gasteiger partial charge is 0.411 e. The number of benzene rings is 1. The Bertz CT molecular complexity index is 383. The Labute approximate surface area is 101 Å². The number of hydrogen-bond donors (Lipinski definition) is 1. The van der Waals surface area contributed by atoms with Gasteiger partial charge in [0.1, 0.15) is 5.75 Å². The molecular weight excluding hydrogens is 218 g/mol. The summed E-state index contributed by atoms with van der Waals surface area (Å²) in [5.41, 5.74) is 6.09. The number of amides is 1. The molecule has 2 N–H and O–H groups in total. The van der Waals surface area contributed by atoms with E-state index < -0.39 is 6.09 Å². The summed E-state index contributed by atoms with van der Waals surface area (Å²) in [6, 6.07) is 7.42. The van der Waals surface area contributed by atoms with E-state index in [2.05, 4.69) is 16.8 Å². The second-order valence-electron chi connectivity index (χ2n) is 4.21. The number of rotatable bonds is 2. The average molecular weight is 235 g/mol. The fourth-order valence-electron chi connectivity index (χ4n) is 1.91. The third-order valence-corrected chi connectivity index (χ3v) is 2.92. The van der Waals surface area contributed by atoms with Crippen LogP contribution in [0.4, 0.5) is 10.5 Å². The number of ether oxygens (including phenoxy) is 1. The molecule has 0 saturated carbocycles. The third kappa shape index (κ3) is 3.10. The summed E-state index contributed by atoms with van der Waals surface area (Å²) in [5, 5.41) is 0. The maximum Gasteiger partial charge on any atom is 0.409 e. The number of hydrogen-bond acceptors (Lipinski definition) is 4. The van der Waals surface area contributed by atoms with Crippen LogP contribution in [0.25, 0.3) is 0 Å². The van der Waals surface area contributed by atoms with Crippen molar-refractivity contribution in [2.24, 2.45) is 5.73 Å². The maximum atomic E-state index is 10.6. The molecule has 92 valence electrons. The molecule has 1 amide bonds. The first kappa shape index (κ1) is 11.7. The highest BCUT2D eigenvalue weighted by atomic mass is 16.5. The first-order chi connectivity index (χ1) is 8.15. The van der Waals surface area contributed by atoms with Crippen molar-refractivity contribution in [1.29, 1.82) is 0 Å². The lowest BCUT2D eigenvalue weighted by Gasteiger charge is -2.34. The van der Waals surface area contributed by atoms with E-state index in [4.69, 9.17) is 10.5 Å². The smallest absolute Gasteiger partial charge is 0.409 e. The minimum Gasteiger partial charge on any atom is -0.411 e. The normalized spacial score (nSPS) is 16.9. The number of nitrogens with zero attached hydrogens (tertiary/aromatic N) is 2. The molecule has 0 atom stereocenters. The number of anilines is 1. The van der Waals surface area contributed by atoms with Crippen LogP contribution < -0.4 is 15.4 Å². The van der Waals surface area contributed by atoms with Crippen molar-refractivity contribution in [2.45, 2.75) is 0 Å². The highest BCUT2D eigenvalue weighted by Gasteiger charge is 2.14. The number of carbonyl (C=O) groups is 1. The van der Waals surface area contributed by atoms with Gasteiger partial charge in [0.05, 0.1) is 0 Å². The van der Waals surface area contributed by atoms with Crippen molar-refractivity contribution in [2.75, 3.05) is 38.1 Å². The fraction of sp³-hybridized carbons (Fsp3) is 0.417. The molecule has 17 heavy (non-hydrogen) atoms. The number of carbonyl (C=O) groups excluding carboxylic acids is 1. The minimum absolute atomic E-state index is 0.482. The van der Waals surface area contributed by atoms with Crippen LogP contribution in [-0.4, -0.2) is 44.2 Å². The van der Waals surface area contributed by atoms with Gasteiger partial charge in [-0.15, -0.1) is 0 Å². The lowest BCUT2D eigenvalue weighted by Crippen LogP contribution is -2.44. The van der Waals surface area contributed by atoms with Crippen LogP contribution in [0, 0.1) is 0 Å². The van der Waals surface area contributed by atoms with Gasteiger partial charge in [0, 0.05) is 31.9 Å². The predicted molar refractivity (Wildman–Crippen MR) is 66.4 cm³/mol. The van der Waals surface area contributed by atoms with Gasteiger partial charge in [0.25, 0.3) is 0 Å².